The van der Waals surface area contributed by atoms with Crippen molar-refractivity contribution >= 4 is 33.7 Å². The van der Waals surface area contributed by atoms with Crippen molar-refractivity contribution in [2.24, 2.45) is 0 Å². The second kappa shape index (κ2) is 6.76. The maximum absolute atomic E-state index is 10.5. The topological polar surface area (TPSA) is 90.0 Å². The van der Waals surface area contributed by atoms with Crippen LogP contribution >= 0.6 is 0 Å². The van der Waals surface area contributed by atoms with Gasteiger partial charge in [0.2, 0.25) is 0 Å². The summed E-state index contributed by atoms with van der Waals surface area (Å²) in [4.78, 5) is 18.3. The molecule has 0 aliphatic carbocycles. The number of para-hydroxylation sites is 1. The fourth-order valence-electron chi connectivity index (χ4n) is 3.18. The summed E-state index contributed by atoms with van der Waals surface area (Å²) in [7, 11) is 0. The van der Waals surface area contributed by atoms with Crippen molar-refractivity contribution in [1.29, 1.82) is 0 Å². The van der Waals surface area contributed by atoms with E-state index in [2.05, 4.69) is 38.8 Å². The van der Waals surface area contributed by atoms with E-state index in [0.717, 1.165) is 38.8 Å². The molecule has 6 heteroatoms. The monoisotopic (exact) mass is 346 g/mol. The average Bonchev–Trinajstić information content (AvgIpc) is 3.04. The molecular formula is C20H18N4O2. The second-order valence-electron chi connectivity index (χ2n) is 5.99. The number of pyridine rings is 1. The number of aromatic nitrogens is 2. The van der Waals surface area contributed by atoms with Crippen molar-refractivity contribution in [2.45, 2.75) is 0 Å². The van der Waals surface area contributed by atoms with Crippen LogP contribution in [0.25, 0.3) is 33.1 Å². The molecule has 2 aromatic heterocycles. The molecule has 2 aromatic carbocycles. The lowest BCUT2D eigenvalue weighted by Crippen LogP contribution is -2.26. The Labute approximate surface area is 149 Å². The summed E-state index contributed by atoms with van der Waals surface area (Å²) in [5, 5.41) is 16.5. The number of nitrogens with zero attached hydrogens (tertiary/aromatic N) is 1. The normalized spacial score (nSPS) is 10.9. The zero-order chi connectivity index (χ0) is 17.9. The van der Waals surface area contributed by atoms with Gasteiger partial charge in [-0.05, 0) is 35.4 Å². The molecule has 0 radical (unpaired) electrons. The molecule has 0 fully saturated rings. The Morgan fingerprint density at radius 3 is 2.85 bits per heavy atom. The van der Waals surface area contributed by atoms with Crippen LogP contribution in [0.2, 0.25) is 0 Å². The Morgan fingerprint density at radius 2 is 1.96 bits per heavy atom. The lowest BCUT2D eigenvalue weighted by Gasteiger charge is -2.09. The molecule has 26 heavy (non-hydrogen) atoms. The lowest BCUT2D eigenvalue weighted by molar-refractivity contribution is 0.195. The number of carboxylic acid groups (broad SMARTS) is 1. The summed E-state index contributed by atoms with van der Waals surface area (Å²) in [5.74, 6) is 0. The third-order valence-electron chi connectivity index (χ3n) is 4.30. The Kier molecular flexibility index (Phi) is 4.15. The summed E-state index contributed by atoms with van der Waals surface area (Å²) < 4.78 is 0. The fraction of sp³-hybridized carbons (Fsp3) is 0.100. The van der Waals surface area contributed by atoms with E-state index in [9.17, 15) is 4.79 Å². The van der Waals surface area contributed by atoms with Gasteiger partial charge in [-0.3, -0.25) is 0 Å². The van der Waals surface area contributed by atoms with Crippen LogP contribution in [0.3, 0.4) is 0 Å². The molecule has 130 valence electrons. The third-order valence-corrected chi connectivity index (χ3v) is 4.30. The minimum absolute atomic E-state index is 0.349. The molecule has 0 atom stereocenters. The first-order valence-electron chi connectivity index (χ1n) is 8.39. The van der Waals surface area contributed by atoms with Crippen molar-refractivity contribution in [1.82, 2.24) is 15.3 Å². The molecule has 4 N–H and O–H groups in total. The van der Waals surface area contributed by atoms with E-state index in [-0.39, 0.29) is 0 Å². The lowest BCUT2D eigenvalue weighted by atomic mass is 10.0. The number of benzene rings is 2. The zero-order valence-electron chi connectivity index (χ0n) is 14.0. The predicted molar refractivity (Wildman–Crippen MR) is 104 cm³/mol. The highest BCUT2D eigenvalue weighted by Gasteiger charge is 2.11. The summed E-state index contributed by atoms with van der Waals surface area (Å²) in [6.45, 7) is 0.871. The Morgan fingerprint density at radius 1 is 1.08 bits per heavy atom. The number of aromatic amines is 1. The van der Waals surface area contributed by atoms with Gasteiger partial charge in [-0.1, -0.05) is 30.3 Å². The molecule has 0 spiro atoms. The molecule has 0 saturated carbocycles. The Balaban J connectivity index is 1.69. The number of anilines is 1. The quantitative estimate of drug-likeness (QED) is 0.410. The smallest absolute Gasteiger partial charge is 0.404 e. The minimum Gasteiger partial charge on any atom is -0.465 e. The maximum atomic E-state index is 10.5. The number of rotatable bonds is 5. The molecule has 0 aliphatic rings. The third kappa shape index (κ3) is 3.04. The van der Waals surface area contributed by atoms with Crippen molar-refractivity contribution in [3.8, 4) is 11.1 Å². The van der Waals surface area contributed by atoms with Crippen LogP contribution in [0.1, 0.15) is 0 Å². The first-order valence-corrected chi connectivity index (χ1v) is 8.39. The number of fused-ring (bicyclic) bond motifs is 3. The van der Waals surface area contributed by atoms with Crippen LogP contribution in [-0.2, 0) is 0 Å². The van der Waals surface area contributed by atoms with Crippen molar-refractivity contribution in [3.05, 3.63) is 60.8 Å². The van der Waals surface area contributed by atoms with Gasteiger partial charge in [-0.2, -0.15) is 0 Å². The maximum Gasteiger partial charge on any atom is 0.404 e. The molecule has 0 saturated heterocycles. The van der Waals surface area contributed by atoms with Gasteiger partial charge < -0.3 is 20.7 Å². The molecule has 0 unspecified atom stereocenters. The largest absolute Gasteiger partial charge is 0.465 e. The van der Waals surface area contributed by atoms with Gasteiger partial charge in [-0.25, -0.2) is 9.78 Å². The molecule has 4 rings (SSSR count). The highest BCUT2D eigenvalue weighted by Crippen LogP contribution is 2.34. The van der Waals surface area contributed by atoms with Crippen LogP contribution in [-0.4, -0.2) is 34.3 Å². The van der Waals surface area contributed by atoms with Gasteiger partial charge in [0.05, 0.1) is 0 Å². The van der Waals surface area contributed by atoms with E-state index in [1.807, 2.05) is 42.6 Å². The molecule has 2 heterocycles. The minimum atomic E-state index is -1.01. The number of carbonyl (C=O) groups is 1. The van der Waals surface area contributed by atoms with Crippen LogP contribution in [0.5, 0.6) is 0 Å². The molecule has 0 bridgehead atoms. The summed E-state index contributed by atoms with van der Waals surface area (Å²) in [6, 6.07) is 18.3. The molecule has 1 amide bonds. The number of hydrogen-bond donors (Lipinski definition) is 4. The summed E-state index contributed by atoms with van der Waals surface area (Å²) >= 11 is 0. The molecule has 6 nitrogen and oxygen atoms in total. The van der Waals surface area contributed by atoms with Crippen LogP contribution in [0.4, 0.5) is 10.5 Å². The number of nitrogens with one attached hydrogen (secondary N) is 3. The standard InChI is InChI=1S/C20H18N4O2/c25-20(26)23-11-10-21-14-5-3-4-13(12-14)15-8-9-22-19-18(15)16-6-1-2-7-17(16)24-19/h1-9,12,21,23H,10-11H2,(H,22,24)(H,25,26). The average molecular weight is 346 g/mol. The summed E-state index contributed by atoms with van der Waals surface area (Å²) in [6.07, 6.45) is 0.795. The molecule has 0 aliphatic heterocycles. The number of amides is 1. The summed E-state index contributed by atoms with van der Waals surface area (Å²) in [5.41, 5.74) is 5.07. The first kappa shape index (κ1) is 16.0. The van der Waals surface area contributed by atoms with Crippen molar-refractivity contribution < 1.29 is 9.90 Å². The van der Waals surface area contributed by atoms with E-state index in [0.29, 0.717) is 13.1 Å². The zero-order valence-corrected chi connectivity index (χ0v) is 14.0. The van der Waals surface area contributed by atoms with Crippen LogP contribution in [0, 0.1) is 0 Å². The van der Waals surface area contributed by atoms with Gasteiger partial charge in [-0.15, -0.1) is 0 Å². The second-order valence-corrected chi connectivity index (χ2v) is 5.99. The molecular weight excluding hydrogens is 328 g/mol. The number of hydrogen-bond acceptors (Lipinski definition) is 3. The van der Waals surface area contributed by atoms with E-state index in [1.165, 1.54) is 0 Å². The van der Waals surface area contributed by atoms with Gasteiger partial charge in [0.15, 0.2) is 0 Å². The Hall–Kier alpha value is -3.54. The highest BCUT2D eigenvalue weighted by atomic mass is 16.4. The van der Waals surface area contributed by atoms with E-state index in [1.54, 1.807) is 0 Å². The van der Waals surface area contributed by atoms with Crippen LogP contribution < -0.4 is 10.6 Å². The highest BCUT2D eigenvalue weighted by molar-refractivity contribution is 6.12. The first-order chi connectivity index (χ1) is 12.7. The van der Waals surface area contributed by atoms with Gasteiger partial charge >= 0.3 is 6.09 Å². The van der Waals surface area contributed by atoms with Gasteiger partial charge in [0, 0.05) is 41.3 Å². The SMILES string of the molecule is O=C(O)NCCNc1cccc(-c2ccnc3[nH]c4ccccc4c23)c1. The van der Waals surface area contributed by atoms with Crippen LogP contribution in [0.15, 0.2) is 60.8 Å². The van der Waals surface area contributed by atoms with Gasteiger partial charge in [0.25, 0.3) is 0 Å². The van der Waals surface area contributed by atoms with E-state index in [4.69, 9.17) is 5.11 Å². The van der Waals surface area contributed by atoms with Crippen molar-refractivity contribution in [2.75, 3.05) is 18.4 Å². The number of H-pyrrole nitrogens is 1. The molecule has 4 aromatic rings. The van der Waals surface area contributed by atoms with Gasteiger partial charge in [0.1, 0.15) is 5.65 Å². The fourth-order valence-corrected chi connectivity index (χ4v) is 3.18. The van der Waals surface area contributed by atoms with E-state index >= 15 is 0 Å². The van der Waals surface area contributed by atoms with Crippen molar-refractivity contribution in [3.63, 3.8) is 0 Å². The Bertz CT molecular complexity index is 1090. The van der Waals surface area contributed by atoms with E-state index < -0.39 is 6.09 Å². The predicted octanol–water partition coefficient (Wildman–Crippen LogP) is 4.06.